The molecular formula is C11H17N3O2. The van der Waals surface area contributed by atoms with Gasteiger partial charge in [-0.2, -0.15) is 0 Å². The molecule has 0 unspecified atom stereocenters. The first-order valence-electron chi connectivity index (χ1n) is 5.49. The molecule has 1 aromatic rings. The molecule has 0 radical (unpaired) electrons. The predicted molar refractivity (Wildman–Crippen MR) is 61.4 cm³/mol. The van der Waals surface area contributed by atoms with Crippen molar-refractivity contribution < 1.29 is 9.47 Å². The fourth-order valence-corrected chi connectivity index (χ4v) is 1.63. The van der Waals surface area contributed by atoms with E-state index in [0.717, 1.165) is 32.8 Å². The van der Waals surface area contributed by atoms with Crippen molar-refractivity contribution in [1.82, 2.24) is 9.88 Å². The third-order valence-corrected chi connectivity index (χ3v) is 2.57. The van der Waals surface area contributed by atoms with Crippen LogP contribution in [0.4, 0.5) is 5.82 Å². The van der Waals surface area contributed by atoms with Crippen molar-refractivity contribution >= 4 is 5.82 Å². The Hall–Kier alpha value is -1.33. The first-order valence-corrected chi connectivity index (χ1v) is 5.49. The standard InChI is InChI=1S/C11H17N3O2/c12-11-10(2-1-3-13-11)16-9-6-14-4-7-15-8-5-14/h1-3H,4-9H2,(H2,12,13). The molecule has 0 spiro atoms. The van der Waals surface area contributed by atoms with Crippen LogP contribution in [0.3, 0.4) is 0 Å². The third-order valence-electron chi connectivity index (χ3n) is 2.57. The number of nitrogen functional groups attached to an aromatic ring is 1. The molecular weight excluding hydrogens is 206 g/mol. The smallest absolute Gasteiger partial charge is 0.166 e. The van der Waals surface area contributed by atoms with Crippen molar-refractivity contribution in [2.45, 2.75) is 0 Å². The molecule has 0 aromatic carbocycles. The maximum atomic E-state index is 5.67. The number of aromatic nitrogens is 1. The summed E-state index contributed by atoms with van der Waals surface area (Å²) in [6.07, 6.45) is 1.66. The van der Waals surface area contributed by atoms with E-state index in [-0.39, 0.29) is 0 Å². The van der Waals surface area contributed by atoms with Gasteiger partial charge in [-0.3, -0.25) is 4.90 Å². The number of hydrogen-bond donors (Lipinski definition) is 1. The van der Waals surface area contributed by atoms with Gasteiger partial charge in [0.05, 0.1) is 13.2 Å². The van der Waals surface area contributed by atoms with Gasteiger partial charge in [0.1, 0.15) is 6.61 Å². The Bertz CT molecular complexity index is 327. The molecule has 1 aromatic heterocycles. The second-order valence-corrected chi connectivity index (χ2v) is 3.69. The normalized spacial score (nSPS) is 17.2. The minimum Gasteiger partial charge on any atom is -0.488 e. The molecule has 1 fully saturated rings. The predicted octanol–water partition coefficient (Wildman–Crippen LogP) is 0.375. The zero-order valence-corrected chi connectivity index (χ0v) is 9.26. The lowest BCUT2D eigenvalue weighted by atomic mass is 10.4. The van der Waals surface area contributed by atoms with Gasteiger partial charge in [0.15, 0.2) is 11.6 Å². The van der Waals surface area contributed by atoms with E-state index in [9.17, 15) is 0 Å². The minimum absolute atomic E-state index is 0.449. The molecule has 0 saturated carbocycles. The summed E-state index contributed by atoms with van der Waals surface area (Å²) in [5.41, 5.74) is 5.67. The average molecular weight is 223 g/mol. The second-order valence-electron chi connectivity index (χ2n) is 3.69. The second kappa shape index (κ2) is 5.67. The highest BCUT2D eigenvalue weighted by molar-refractivity contribution is 5.44. The fourth-order valence-electron chi connectivity index (χ4n) is 1.63. The molecule has 0 atom stereocenters. The van der Waals surface area contributed by atoms with Crippen molar-refractivity contribution in [3.05, 3.63) is 18.3 Å². The summed E-state index contributed by atoms with van der Waals surface area (Å²) in [4.78, 5) is 6.28. The van der Waals surface area contributed by atoms with Crippen LogP contribution in [0, 0.1) is 0 Å². The van der Waals surface area contributed by atoms with Gasteiger partial charge in [0.2, 0.25) is 0 Å². The number of rotatable bonds is 4. The molecule has 88 valence electrons. The molecule has 0 aliphatic carbocycles. The summed E-state index contributed by atoms with van der Waals surface area (Å²) in [7, 11) is 0. The molecule has 1 aliphatic heterocycles. The summed E-state index contributed by atoms with van der Waals surface area (Å²) in [5.74, 6) is 1.11. The van der Waals surface area contributed by atoms with Crippen LogP contribution in [0.1, 0.15) is 0 Å². The lowest BCUT2D eigenvalue weighted by Gasteiger charge is -2.26. The van der Waals surface area contributed by atoms with E-state index in [4.69, 9.17) is 15.2 Å². The monoisotopic (exact) mass is 223 g/mol. The summed E-state index contributed by atoms with van der Waals surface area (Å²) >= 11 is 0. The highest BCUT2D eigenvalue weighted by atomic mass is 16.5. The Labute approximate surface area is 95.2 Å². The molecule has 5 heteroatoms. The number of hydrogen-bond acceptors (Lipinski definition) is 5. The Balaban J connectivity index is 1.73. The Morgan fingerprint density at radius 2 is 2.25 bits per heavy atom. The number of nitrogens with two attached hydrogens (primary N) is 1. The van der Waals surface area contributed by atoms with Crippen LogP contribution in [0.15, 0.2) is 18.3 Å². The van der Waals surface area contributed by atoms with Crippen LogP contribution in [-0.4, -0.2) is 49.3 Å². The maximum absolute atomic E-state index is 5.67. The van der Waals surface area contributed by atoms with Crippen molar-refractivity contribution in [2.75, 3.05) is 45.2 Å². The molecule has 0 amide bonds. The quantitative estimate of drug-likeness (QED) is 0.799. The van der Waals surface area contributed by atoms with Gasteiger partial charge >= 0.3 is 0 Å². The molecule has 1 aliphatic rings. The highest BCUT2D eigenvalue weighted by Crippen LogP contribution is 2.16. The van der Waals surface area contributed by atoms with Crippen LogP contribution >= 0.6 is 0 Å². The van der Waals surface area contributed by atoms with Gasteiger partial charge in [-0.15, -0.1) is 0 Å². The Morgan fingerprint density at radius 3 is 3.00 bits per heavy atom. The number of anilines is 1. The topological polar surface area (TPSA) is 60.6 Å². The summed E-state index contributed by atoms with van der Waals surface area (Å²) in [6, 6.07) is 3.65. The van der Waals surface area contributed by atoms with Gasteiger partial charge in [-0.1, -0.05) is 0 Å². The van der Waals surface area contributed by atoms with Crippen molar-refractivity contribution in [3.63, 3.8) is 0 Å². The Kier molecular flexibility index (Phi) is 3.96. The van der Waals surface area contributed by atoms with E-state index in [0.29, 0.717) is 18.2 Å². The zero-order valence-electron chi connectivity index (χ0n) is 9.26. The minimum atomic E-state index is 0.449. The van der Waals surface area contributed by atoms with E-state index in [1.807, 2.05) is 12.1 Å². The lowest BCUT2D eigenvalue weighted by Crippen LogP contribution is -2.38. The number of morpholine rings is 1. The van der Waals surface area contributed by atoms with E-state index < -0.39 is 0 Å². The molecule has 2 heterocycles. The molecule has 1 saturated heterocycles. The first kappa shape index (κ1) is 11.2. The largest absolute Gasteiger partial charge is 0.488 e. The zero-order chi connectivity index (χ0) is 11.2. The summed E-state index contributed by atoms with van der Waals surface area (Å²) in [5, 5.41) is 0. The van der Waals surface area contributed by atoms with Crippen LogP contribution in [-0.2, 0) is 4.74 Å². The van der Waals surface area contributed by atoms with Crippen LogP contribution in [0.5, 0.6) is 5.75 Å². The molecule has 2 N–H and O–H groups in total. The molecule has 2 rings (SSSR count). The van der Waals surface area contributed by atoms with Crippen molar-refractivity contribution in [1.29, 1.82) is 0 Å². The Morgan fingerprint density at radius 1 is 1.44 bits per heavy atom. The van der Waals surface area contributed by atoms with E-state index in [1.54, 1.807) is 6.20 Å². The molecule has 0 bridgehead atoms. The van der Waals surface area contributed by atoms with Crippen LogP contribution in [0.25, 0.3) is 0 Å². The maximum Gasteiger partial charge on any atom is 0.166 e. The SMILES string of the molecule is Nc1ncccc1OCCN1CCOCC1. The highest BCUT2D eigenvalue weighted by Gasteiger charge is 2.10. The van der Waals surface area contributed by atoms with E-state index in [1.165, 1.54) is 0 Å². The van der Waals surface area contributed by atoms with Crippen LogP contribution in [0.2, 0.25) is 0 Å². The van der Waals surface area contributed by atoms with E-state index >= 15 is 0 Å². The summed E-state index contributed by atoms with van der Waals surface area (Å²) < 4.78 is 10.8. The van der Waals surface area contributed by atoms with Crippen molar-refractivity contribution in [2.24, 2.45) is 0 Å². The molecule has 5 nitrogen and oxygen atoms in total. The fraction of sp³-hybridized carbons (Fsp3) is 0.545. The summed E-state index contributed by atoms with van der Waals surface area (Å²) in [6.45, 7) is 5.12. The van der Waals surface area contributed by atoms with Gasteiger partial charge in [-0.05, 0) is 12.1 Å². The van der Waals surface area contributed by atoms with Gasteiger partial charge in [-0.25, -0.2) is 4.98 Å². The van der Waals surface area contributed by atoms with Crippen molar-refractivity contribution in [3.8, 4) is 5.75 Å². The van der Waals surface area contributed by atoms with Gasteiger partial charge in [0.25, 0.3) is 0 Å². The number of nitrogens with zero attached hydrogens (tertiary/aromatic N) is 2. The lowest BCUT2D eigenvalue weighted by molar-refractivity contribution is 0.0323. The first-order chi connectivity index (χ1) is 7.86. The van der Waals surface area contributed by atoms with Gasteiger partial charge in [0, 0.05) is 25.8 Å². The third kappa shape index (κ3) is 3.08. The van der Waals surface area contributed by atoms with Gasteiger partial charge < -0.3 is 15.2 Å². The van der Waals surface area contributed by atoms with E-state index in [2.05, 4.69) is 9.88 Å². The molecule has 16 heavy (non-hydrogen) atoms. The number of ether oxygens (including phenoxy) is 2. The average Bonchev–Trinajstić information content (AvgIpc) is 2.33. The number of pyridine rings is 1. The van der Waals surface area contributed by atoms with Crippen LogP contribution < -0.4 is 10.5 Å².